The number of carbonyl (C=O) groups excluding carboxylic acids is 1. The molecule has 1 aliphatic rings. The smallest absolute Gasteiger partial charge is 0.230 e. The average Bonchev–Trinajstić information content (AvgIpc) is 2.85. The summed E-state index contributed by atoms with van der Waals surface area (Å²) in [5.41, 5.74) is 0. The standard InChI is InChI=1S/C14H21BrN2OS/c1-10(12-3-4-13(15)19-12)14(18)17-7-5-11(6-8-17)9-16-2/h3-4,10-11,16H,5-9H2,1-2H3. The molecule has 0 radical (unpaired) electrons. The van der Waals surface area contributed by atoms with Crippen LogP contribution < -0.4 is 5.32 Å². The van der Waals surface area contributed by atoms with Crippen molar-refractivity contribution in [2.24, 2.45) is 5.92 Å². The van der Waals surface area contributed by atoms with Crippen LogP contribution in [0.2, 0.25) is 0 Å². The molecule has 5 heteroatoms. The molecule has 1 saturated heterocycles. The van der Waals surface area contributed by atoms with Crippen molar-refractivity contribution in [1.29, 1.82) is 0 Å². The largest absolute Gasteiger partial charge is 0.342 e. The van der Waals surface area contributed by atoms with Crippen molar-refractivity contribution in [3.8, 4) is 0 Å². The summed E-state index contributed by atoms with van der Waals surface area (Å²) in [6, 6.07) is 4.06. The minimum atomic E-state index is -0.0165. The van der Waals surface area contributed by atoms with E-state index in [2.05, 4.69) is 21.2 Å². The minimum Gasteiger partial charge on any atom is -0.342 e. The normalized spacial score (nSPS) is 18.6. The van der Waals surface area contributed by atoms with Crippen LogP contribution in [-0.4, -0.2) is 37.5 Å². The van der Waals surface area contributed by atoms with Crippen molar-refractivity contribution < 1.29 is 4.79 Å². The van der Waals surface area contributed by atoms with Crippen molar-refractivity contribution in [2.75, 3.05) is 26.7 Å². The summed E-state index contributed by atoms with van der Waals surface area (Å²) in [6.07, 6.45) is 2.24. The first-order valence-corrected chi connectivity index (χ1v) is 8.41. The highest BCUT2D eigenvalue weighted by atomic mass is 79.9. The van der Waals surface area contributed by atoms with Gasteiger partial charge in [0.05, 0.1) is 9.70 Å². The molecule has 0 aliphatic carbocycles. The zero-order chi connectivity index (χ0) is 13.8. The molecule has 1 N–H and O–H groups in total. The number of carbonyl (C=O) groups is 1. The van der Waals surface area contributed by atoms with E-state index in [4.69, 9.17) is 0 Å². The van der Waals surface area contributed by atoms with Gasteiger partial charge in [0.25, 0.3) is 0 Å². The third-order valence-corrected chi connectivity index (χ3v) is 5.62. The maximum Gasteiger partial charge on any atom is 0.230 e. The molecule has 0 aromatic carbocycles. The van der Waals surface area contributed by atoms with Gasteiger partial charge in [-0.25, -0.2) is 0 Å². The van der Waals surface area contributed by atoms with Crippen molar-refractivity contribution in [2.45, 2.75) is 25.7 Å². The van der Waals surface area contributed by atoms with Crippen LogP contribution in [0.3, 0.4) is 0 Å². The molecule has 1 aliphatic heterocycles. The number of thiophene rings is 1. The molecule has 1 atom stereocenters. The van der Waals surface area contributed by atoms with E-state index in [1.165, 1.54) is 0 Å². The van der Waals surface area contributed by atoms with Crippen molar-refractivity contribution in [1.82, 2.24) is 10.2 Å². The van der Waals surface area contributed by atoms with Gasteiger partial charge in [-0.1, -0.05) is 0 Å². The van der Waals surface area contributed by atoms with E-state index in [1.807, 2.05) is 31.0 Å². The third-order valence-electron chi connectivity index (χ3n) is 3.81. The fraction of sp³-hybridized carbons (Fsp3) is 0.643. The predicted octanol–water partition coefficient (Wildman–Crippen LogP) is 3.07. The summed E-state index contributed by atoms with van der Waals surface area (Å²) in [5.74, 6) is 0.981. The fourth-order valence-electron chi connectivity index (χ4n) is 2.60. The van der Waals surface area contributed by atoms with Gasteiger partial charge in [0, 0.05) is 18.0 Å². The number of rotatable bonds is 4. The minimum absolute atomic E-state index is 0.0165. The molecule has 2 heterocycles. The number of halogens is 1. The lowest BCUT2D eigenvalue weighted by Gasteiger charge is -2.33. The zero-order valence-electron chi connectivity index (χ0n) is 11.5. The molecule has 1 amide bonds. The van der Waals surface area contributed by atoms with Gasteiger partial charge in [0.15, 0.2) is 0 Å². The van der Waals surface area contributed by atoms with Crippen LogP contribution in [0, 0.1) is 5.92 Å². The summed E-state index contributed by atoms with van der Waals surface area (Å²) in [5, 5.41) is 3.23. The van der Waals surface area contributed by atoms with E-state index in [0.29, 0.717) is 0 Å². The van der Waals surface area contributed by atoms with Gasteiger partial charge in [-0.05, 0) is 67.3 Å². The Balaban J connectivity index is 1.90. The van der Waals surface area contributed by atoms with E-state index in [0.717, 1.165) is 47.1 Å². The topological polar surface area (TPSA) is 32.3 Å². The van der Waals surface area contributed by atoms with Crippen LogP contribution in [0.25, 0.3) is 0 Å². The van der Waals surface area contributed by atoms with E-state index < -0.39 is 0 Å². The molecule has 106 valence electrons. The second-order valence-corrected chi connectivity index (χ2v) is 7.68. The Bertz CT molecular complexity index is 427. The highest BCUT2D eigenvalue weighted by Crippen LogP contribution is 2.30. The lowest BCUT2D eigenvalue weighted by Crippen LogP contribution is -2.42. The highest BCUT2D eigenvalue weighted by molar-refractivity contribution is 9.11. The van der Waals surface area contributed by atoms with Crippen molar-refractivity contribution >= 4 is 33.2 Å². The maximum atomic E-state index is 12.5. The number of nitrogens with one attached hydrogen (secondary N) is 1. The number of hydrogen-bond acceptors (Lipinski definition) is 3. The summed E-state index contributed by atoms with van der Waals surface area (Å²) in [7, 11) is 1.99. The van der Waals surface area contributed by atoms with Gasteiger partial charge in [-0.3, -0.25) is 4.79 Å². The average molecular weight is 345 g/mol. The van der Waals surface area contributed by atoms with Crippen LogP contribution >= 0.6 is 27.3 Å². The Morgan fingerprint density at radius 1 is 1.53 bits per heavy atom. The van der Waals surface area contributed by atoms with Gasteiger partial charge in [0.2, 0.25) is 5.91 Å². The Kier molecular flexibility index (Phi) is 5.42. The predicted molar refractivity (Wildman–Crippen MR) is 83.7 cm³/mol. The van der Waals surface area contributed by atoms with E-state index in [-0.39, 0.29) is 11.8 Å². The van der Waals surface area contributed by atoms with Crippen molar-refractivity contribution in [3.63, 3.8) is 0 Å². The monoisotopic (exact) mass is 344 g/mol. The first-order valence-electron chi connectivity index (χ1n) is 6.80. The molecule has 0 bridgehead atoms. The Hall–Kier alpha value is -0.390. The molecule has 19 heavy (non-hydrogen) atoms. The number of hydrogen-bond donors (Lipinski definition) is 1. The number of piperidine rings is 1. The van der Waals surface area contributed by atoms with Crippen LogP contribution in [-0.2, 0) is 4.79 Å². The summed E-state index contributed by atoms with van der Waals surface area (Å²) in [6.45, 7) is 4.89. The Labute approximate surface area is 127 Å². The molecule has 1 fully saturated rings. The van der Waals surface area contributed by atoms with Crippen LogP contribution in [0.5, 0.6) is 0 Å². The molecule has 2 rings (SSSR count). The second-order valence-electron chi connectivity index (χ2n) is 5.19. The van der Waals surface area contributed by atoms with E-state index >= 15 is 0 Å². The first kappa shape index (κ1) is 15.0. The maximum absolute atomic E-state index is 12.5. The Morgan fingerprint density at radius 2 is 2.21 bits per heavy atom. The number of amides is 1. The molecule has 1 aromatic heterocycles. The van der Waals surface area contributed by atoms with Crippen molar-refractivity contribution in [3.05, 3.63) is 20.8 Å². The van der Waals surface area contributed by atoms with Crippen LogP contribution in [0.15, 0.2) is 15.9 Å². The van der Waals surface area contributed by atoms with E-state index in [9.17, 15) is 4.79 Å². The molecule has 0 spiro atoms. The molecule has 0 saturated carbocycles. The van der Waals surface area contributed by atoms with E-state index in [1.54, 1.807) is 11.3 Å². The quantitative estimate of drug-likeness (QED) is 0.910. The van der Waals surface area contributed by atoms with Crippen LogP contribution in [0.1, 0.15) is 30.6 Å². The molecular weight excluding hydrogens is 324 g/mol. The van der Waals surface area contributed by atoms with Gasteiger partial charge >= 0.3 is 0 Å². The van der Waals surface area contributed by atoms with Gasteiger partial charge < -0.3 is 10.2 Å². The molecule has 3 nitrogen and oxygen atoms in total. The van der Waals surface area contributed by atoms with Gasteiger partial charge in [0.1, 0.15) is 0 Å². The second kappa shape index (κ2) is 6.86. The Morgan fingerprint density at radius 3 is 2.74 bits per heavy atom. The third kappa shape index (κ3) is 3.80. The van der Waals surface area contributed by atoms with Gasteiger partial charge in [-0.15, -0.1) is 11.3 Å². The zero-order valence-corrected chi connectivity index (χ0v) is 13.9. The summed E-state index contributed by atoms with van der Waals surface area (Å²) >= 11 is 5.11. The SMILES string of the molecule is CNCC1CCN(C(=O)C(C)c2ccc(Br)s2)CC1. The summed E-state index contributed by atoms with van der Waals surface area (Å²) in [4.78, 5) is 15.7. The molecule has 1 unspecified atom stereocenters. The van der Waals surface area contributed by atoms with Gasteiger partial charge in [-0.2, -0.15) is 0 Å². The number of likely N-dealkylation sites (tertiary alicyclic amines) is 1. The fourth-order valence-corrected chi connectivity index (χ4v) is 4.07. The molecular formula is C14H21BrN2OS. The lowest BCUT2D eigenvalue weighted by molar-refractivity contribution is -0.133. The summed E-state index contributed by atoms with van der Waals surface area (Å²) < 4.78 is 1.09. The highest BCUT2D eigenvalue weighted by Gasteiger charge is 2.27. The number of nitrogens with zero attached hydrogens (tertiary/aromatic N) is 1. The van der Waals surface area contributed by atoms with Crippen LogP contribution in [0.4, 0.5) is 0 Å². The first-order chi connectivity index (χ1) is 9.11. The molecule has 1 aromatic rings. The lowest BCUT2D eigenvalue weighted by atomic mass is 9.95.